The molecule has 4 heteroatoms. The molecule has 0 aromatic heterocycles. The molecule has 0 saturated carbocycles. The first-order chi connectivity index (χ1) is 7.07. The largest absolute Gasteiger partial charge is 0.338 e. The Labute approximate surface area is 107 Å². The van der Waals surface area contributed by atoms with Crippen molar-refractivity contribution in [3.8, 4) is 0 Å². The summed E-state index contributed by atoms with van der Waals surface area (Å²) in [5.41, 5.74) is 0.702. The predicted molar refractivity (Wildman–Crippen MR) is 69.5 cm³/mol. The van der Waals surface area contributed by atoms with E-state index in [9.17, 15) is 4.79 Å². The molecule has 82 valence electrons. The quantitative estimate of drug-likeness (QED) is 0.777. The van der Waals surface area contributed by atoms with Gasteiger partial charge < -0.3 is 4.90 Å². The molecule has 1 aromatic carbocycles. The van der Waals surface area contributed by atoms with E-state index in [4.69, 9.17) is 0 Å². The molecule has 1 rings (SSSR count). The highest BCUT2D eigenvalue weighted by atomic mass is 79.9. The highest BCUT2D eigenvalue weighted by Crippen LogP contribution is 2.18. The van der Waals surface area contributed by atoms with Crippen LogP contribution in [0, 0.1) is 0 Å². The molecule has 1 atom stereocenters. The van der Waals surface area contributed by atoms with Gasteiger partial charge in [0.25, 0.3) is 5.91 Å². The van der Waals surface area contributed by atoms with Crippen molar-refractivity contribution >= 4 is 37.8 Å². The molecule has 0 aliphatic carbocycles. The van der Waals surface area contributed by atoms with Crippen LogP contribution in [0.5, 0.6) is 0 Å². The topological polar surface area (TPSA) is 20.3 Å². The number of alkyl halides is 1. The SMILES string of the molecule is CC(CBr)N(C)C(=O)c1ccccc1Br. The van der Waals surface area contributed by atoms with E-state index in [1.54, 1.807) is 4.90 Å². The van der Waals surface area contributed by atoms with Crippen molar-refractivity contribution in [2.24, 2.45) is 0 Å². The monoisotopic (exact) mass is 333 g/mol. The number of hydrogen-bond acceptors (Lipinski definition) is 1. The summed E-state index contributed by atoms with van der Waals surface area (Å²) in [6.07, 6.45) is 0. The lowest BCUT2D eigenvalue weighted by Crippen LogP contribution is -2.36. The van der Waals surface area contributed by atoms with E-state index in [0.29, 0.717) is 5.56 Å². The minimum absolute atomic E-state index is 0.0365. The fourth-order valence-corrected chi connectivity index (χ4v) is 2.02. The van der Waals surface area contributed by atoms with Gasteiger partial charge in [-0.25, -0.2) is 0 Å². The van der Waals surface area contributed by atoms with Crippen LogP contribution >= 0.6 is 31.9 Å². The standard InChI is InChI=1S/C11H13Br2NO/c1-8(7-12)14(2)11(15)9-5-3-4-6-10(9)13/h3-6,8H,7H2,1-2H3. The third-order valence-corrected chi connectivity index (χ3v) is 3.94. The third-order valence-electron chi connectivity index (χ3n) is 2.31. The first-order valence-corrected chi connectivity index (χ1v) is 6.57. The maximum atomic E-state index is 12.0. The lowest BCUT2D eigenvalue weighted by atomic mass is 10.2. The molecule has 2 nitrogen and oxygen atoms in total. The average Bonchev–Trinajstić information content (AvgIpc) is 2.26. The van der Waals surface area contributed by atoms with Crippen molar-refractivity contribution in [1.82, 2.24) is 4.90 Å². The normalized spacial score (nSPS) is 12.3. The van der Waals surface area contributed by atoms with Crippen LogP contribution in [0.1, 0.15) is 17.3 Å². The van der Waals surface area contributed by atoms with Crippen molar-refractivity contribution in [3.05, 3.63) is 34.3 Å². The van der Waals surface area contributed by atoms with Crippen LogP contribution in [-0.2, 0) is 0 Å². The van der Waals surface area contributed by atoms with E-state index in [1.165, 1.54) is 0 Å². The van der Waals surface area contributed by atoms with Gasteiger partial charge in [-0.2, -0.15) is 0 Å². The second kappa shape index (κ2) is 5.66. The Morgan fingerprint density at radius 2 is 2.07 bits per heavy atom. The van der Waals surface area contributed by atoms with Gasteiger partial charge in [0.05, 0.1) is 5.56 Å². The maximum Gasteiger partial charge on any atom is 0.255 e. The Kier molecular flexibility index (Phi) is 4.80. The summed E-state index contributed by atoms with van der Waals surface area (Å²) in [7, 11) is 1.81. The Morgan fingerprint density at radius 3 is 2.60 bits per heavy atom. The highest BCUT2D eigenvalue weighted by Gasteiger charge is 2.18. The fraction of sp³-hybridized carbons (Fsp3) is 0.364. The highest BCUT2D eigenvalue weighted by molar-refractivity contribution is 9.10. The smallest absolute Gasteiger partial charge is 0.255 e. The average molecular weight is 335 g/mol. The molecule has 0 spiro atoms. The Hall–Kier alpha value is -0.350. The minimum Gasteiger partial charge on any atom is -0.338 e. The van der Waals surface area contributed by atoms with E-state index in [0.717, 1.165) is 9.80 Å². The van der Waals surface area contributed by atoms with Gasteiger partial charge in [0, 0.05) is 22.9 Å². The van der Waals surface area contributed by atoms with Gasteiger partial charge >= 0.3 is 0 Å². The molecular formula is C11H13Br2NO. The van der Waals surface area contributed by atoms with Crippen LogP contribution in [0.4, 0.5) is 0 Å². The first kappa shape index (κ1) is 12.7. The number of hydrogen-bond donors (Lipinski definition) is 0. The number of halogens is 2. The van der Waals surface area contributed by atoms with Crippen LogP contribution in [-0.4, -0.2) is 29.2 Å². The van der Waals surface area contributed by atoms with Crippen molar-refractivity contribution in [3.63, 3.8) is 0 Å². The van der Waals surface area contributed by atoms with E-state index < -0.39 is 0 Å². The van der Waals surface area contributed by atoms with Crippen LogP contribution in [0.25, 0.3) is 0 Å². The number of carbonyl (C=O) groups is 1. The second-order valence-electron chi connectivity index (χ2n) is 3.40. The Bertz CT molecular complexity index is 354. The van der Waals surface area contributed by atoms with Crippen LogP contribution < -0.4 is 0 Å². The van der Waals surface area contributed by atoms with Crippen LogP contribution in [0.2, 0.25) is 0 Å². The molecule has 1 unspecified atom stereocenters. The summed E-state index contributed by atoms with van der Waals surface area (Å²) in [4.78, 5) is 13.8. The Balaban J connectivity index is 2.90. The molecule has 0 saturated heterocycles. The second-order valence-corrected chi connectivity index (χ2v) is 4.90. The zero-order valence-corrected chi connectivity index (χ0v) is 11.9. The Morgan fingerprint density at radius 1 is 1.47 bits per heavy atom. The summed E-state index contributed by atoms with van der Waals surface area (Å²) in [5.74, 6) is 0.0365. The van der Waals surface area contributed by atoms with Crippen molar-refractivity contribution < 1.29 is 4.79 Å². The van der Waals surface area contributed by atoms with Gasteiger partial charge in [0.15, 0.2) is 0 Å². The number of rotatable bonds is 3. The van der Waals surface area contributed by atoms with Gasteiger partial charge in [-0.3, -0.25) is 4.79 Å². The molecule has 1 aromatic rings. The fourth-order valence-electron chi connectivity index (χ4n) is 1.13. The van der Waals surface area contributed by atoms with E-state index in [1.807, 2.05) is 38.2 Å². The van der Waals surface area contributed by atoms with Gasteiger partial charge in [-0.1, -0.05) is 28.1 Å². The maximum absolute atomic E-state index is 12.0. The lowest BCUT2D eigenvalue weighted by Gasteiger charge is -2.23. The number of carbonyl (C=O) groups excluding carboxylic acids is 1. The summed E-state index contributed by atoms with van der Waals surface area (Å²) >= 11 is 6.75. The van der Waals surface area contributed by atoms with Gasteiger partial charge in [-0.05, 0) is 35.0 Å². The summed E-state index contributed by atoms with van der Waals surface area (Å²) in [5, 5.41) is 0.777. The molecule has 0 fully saturated rings. The third kappa shape index (κ3) is 3.05. The molecule has 0 aliphatic rings. The molecule has 0 bridgehead atoms. The molecule has 0 radical (unpaired) electrons. The first-order valence-electron chi connectivity index (χ1n) is 4.65. The molecule has 0 aliphatic heterocycles. The van der Waals surface area contributed by atoms with Gasteiger partial charge in [0.2, 0.25) is 0 Å². The number of nitrogens with zero attached hydrogens (tertiary/aromatic N) is 1. The summed E-state index contributed by atoms with van der Waals surface area (Å²) in [6.45, 7) is 2.00. The van der Waals surface area contributed by atoms with Crippen molar-refractivity contribution in [2.45, 2.75) is 13.0 Å². The zero-order valence-electron chi connectivity index (χ0n) is 8.71. The summed E-state index contributed by atoms with van der Waals surface area (Å²) < 4.78 is 0.837. The van der Waals surface area contributed by atoms with Gasteiger partial charge in [-0.15, -0.1) is 0 Å². The number of benzene rings is 1. The minimum atomic E-state index is 0.0365. The lowest BCUT2D eigenvalue weighted by molar-refractivity contribution is 0.0757. The molecule has 1 amide bonds. The van der Waals surface area contributed by atoms with Crippen LogP contribution in [0.15, 0.2) is 28.7 Å². The molecule has 0 heterocycles. The molecule has 15 heavy (non-hydrogen) atoms. The predicted octanol–water partition coefficient (Wildman–Crippen LogP) is 3.30. The van der Waals surface area contributed by atoms with Gasteiger partial charge in [0.1, 0.15) is 0 Å². The van der Waals surface area contributed by atoms with E-state index in [2.05, 4.69) is 31.9 Å². The van der Waals surface area contributed by atoms with Crippen molar-refractivity contribution in [1.29, 1.82) is 0 Å². The van der Waals surface area contributed by atoms with E-state index >= 15 is 0 Å². The molecule has 0 N–H and O–H groups in total. The molecular weight excluding hydrogens is 322 g/mol. The zero-order chi connectivity index (χ0) is 11.4. The van der Waals surface area contributed by atoms with Crippen molar-refractivity contribution in [2.75, 3.05) is 12.4 Å². The summed E-state index contributed by atoms with van der Waals surface area (Å²) in [6, 6.07) is 7.65. The number of amides is 1. The van der Waals surface area contributed by atoms with E-state index in [-0.39, 0.29) is 11.9 Å². The van der Waals surface area contributed by atoms with Crippen LogP contribution in [0.3, 0.4) is 0 Å².